The van der Waals surface area contributed by atoms with Gasteiger partial charge in [-0.25, -0.2) is 8.42 Å². The number of sulfonamides is 1. The monoisotopic (exact) mass is 340 g/mol. The van der Waals surface area contributed by atoms with Crippen LogP contribution in [0.5, 0.6) is 0 Å². The summed E-state index contributed by atoms with van der Waals surface area (Å²) >= 11 is 0. The molecule has 0 aromatic carbocycles. The molecule has 1 unspecified atom stereocenters. The maximum Gasteiger partial charge on any atom is 0.241 e. The van der Waals surface area contributed by atoms with Crippen LogP contribution in [-0.4, -0.2) is 55.5 Å². The first kappa shape index (κ1) is 15.9. The highest BCUT2D eigenvalue weighted by Crippen LogP contribution is 2.55. The van der Waals surface area contributed by atoms with E-state index >= 15 is 0 Å². The fraction of sp³-hybridized carbons (Fsp3) is 0.941. The Hall–Kier alpha value is -0.620. The van der Waals surface area contributed by atoms with Gasteiger partial charge >= 0.3 is 0 Å². The van der Waals surface area contributed by atoms with Crippen LogP contribution < -0.4 is 0 Å². The summed E-state index contributed by atoms with van der Waals surface area (Å²) in [6, 6.07) is -0.121. The third kappa shape index (κ3) is 2.62. The van der Waals surface area contributed by atoms with Gasteiger partial charge in [-0.3, -0.25) is 4.79 Å². The number of amides is 1. The number of likely N-dealkylation sites (N-methyl/N-ethyl adjacent to an activating group) is 1. The molecule has 5 rings (SSSR count). The van der Waals surface area contributed by atoms with E-state index < -0.39 is 16.1 Å². The highest BCUT2D eigenvalue weighted by molar-refractivity contribution is 7.88. The molecule has 1 amide bonds. The SMILES string of the molecule is CN(C(=O)C1CCCN1S(C)(=O)=O)C1C2CC3CC(C2)CC1C3. The number of carbonyl (C=O) groups is 1. The minimum atomic E-state index is -3.30. The zero-order valence-electron chi connectivity index (χ0n) is 14.1. The lowest BCUT2D eigenvalue weighted by Crippen LogP contribution is -2.59. The molecule has 4 aliphatic carbocycles. The summed E-state index contributed by atoms with van der Waals surface area (Å²) in [4.78, 5) is 15.0. The van der Waals surface area contributed by atoms with Crippen molar-refractivity contribution in [3.63, 3.8) is 0 Å². The lowest BCUT2D eigenvalue weighted by molar-refractivity contribution is -0.144. The van der Waals surface area contributed by atoms with Gasteiger partial charge in [0.05, 0.1) is 6.26 Å². The van der Waals surface area contributed by atoms with Gasteiger partial charge < -0.3 is 4.90 Å². The Balaban J connectivity index is 1.52. The zero-order valence-corrected chi connectivity index (χ0v) is 15.0. The minimum absolute atomic E-state index is 0.0328. The normalized spacial score (nSPS) is 43.0. The van der Waals surface area contributed by atoms with E-state index in [1.54, 1.807) is 0 Å². The summed E-state index contributed by atoms with van der Waals surface area (Å²) in [5.41, 5.74) is 0. The summed E-state index contributed by atoms with van der Waals surface area (Å²) in [7, 11) is -1.37. The van der Waals surface area contributed by atoms with Gasteiger partial charge in [0.15, 0.2) is 0 Å². The second-order valence-electron chi connectivity index (χ2n) is 8.40. The summed E-state index contributed by atoms with van der Waals surface area (Å²) < 4.78 is 25.3. The number of nitrogens with zero attached hydrogens (tertiary/aromatic N) is 2. The van der Waals surface area contributed by atoms with Crippen molar-refractivity contribution in [2.75, 3.05) is 19.8 Å². The molecule has 1 heterocycles. The molecular formula is C17H28N2O3S. The molecule has 23 heavy (non-hydrogen) atoms. The number of carbonyl (C=O) groups excluding carboxylic acids is 1. The third-order valence-electron chi connectivity index (χ3n) is 6.89. The molecule has 4 bridgehead atoms. The summed E-state index contributed by atoms with van der Waals surface area (Å²) in [5.74, 6) is 3.10. The Bertz CT molecular complexity index is 575. The molecule has 5 aliphatic rings. The molecule has 4 saturated carbocycles. The number of rotatable bonds is 3. The third-order valence-corrected chi connectivity index (χ3v) is 8.18. The van der Waals surface area contributed by atoms with Crippen LogP contribution in [0.2, 0.25) is 0 Å². The average molecular weight is 340 g/mol. The smallest absolute Gasteiger partial charge is 0.241 e. The van der Waals surface area contributed by atoms with Crippen molar-refractivity contribution >= 4 is 15.9 Å². The highest BCUT2D eigenvalue weighted by atomic mass is 32.2. The van der Waals surface area contributed by atoms with Crippen molar-refractivity contribution in [3.05, 3.63) is 0 Å². The Morgan fingerprint density at radius 3 is 2.13 bits per heavy atom. The van der Waals surface area contributed by atoms with Crippen molar-refractivity contribution in [2.24, 2.45) is 23.7 Å². The number of hydrogen-bond donors (Lipinski definition) is 0. The molecule has 1 atom stereocenters. The zero-order chi connectivity index (χ0) is 16.4. The molecule has 0 spiro atoms. The van der Waals surface area contributed by atoms with Crippen LogP contribution in [0.3, 0.4) is 0 Å². The Labute approximate surface area is 139 Å². The van der Waals surface area contributed by atoms with Crippen molar-refractivity contribution in [2.45, 2.75) is 57.0 Å². The van der Waals surface area contributed by atoms with Gasteiger partial charge in [0.1, 0.15) is 6.04 Å². The molecule has 1 aliphatic heterocycles. The van der Waals surface area contributed by atoms with Crippen LogP contribution >= 0.6 is 0 Å². The first-order valence-electron chi connectivity index (χ1n) is 9.08. The minimum Gasteiger partial charge on any atom is -0.341 e. The summed E-state index contributed by atoms with van der Waals surface area (Å²) in [5, 5.41) is 0. The first-order valence-corrected chi connectivity index (χ1v) is 10.9. The van der Waals surface area contributed by atoms with E-state index in [0.29, 0.717) is 30.8 Å². The molecule has 0 N–H and O–H groups in total. The molecule has 5 fully saturated rings. The predicted octanol–water partition coefficient (Wildman–Crippen LogP) is 1.69. The van der Waals surface area contributed by atoms with Crippen molar-refractivity contribution in [1.29, 1.82) is 0 Å². The van der Waals surface area contributed by atoms with Gasteiger partial charge in [-0.15, -0.1) is 0 Å². The maximum absolute atomic E-state index is 13.0. The standard InChI is InChI=1S/C17H28N2O3S/c1-18(17(20)15-4-3-5-19(15)23(2,21)22)16-13-7-11-6-12(9-13)10-14(16)8-11/h11-16H,3-10H2,1-2H3. The van der Waals surface area contributed by atoms with Crippen molar-refractivity contribution in [1.82, 2.24) is 9.21 Å². The maximum atomic E-state index is 13.0. The Morgan fingerprint density at radius 2 is 1.61 bits per heavy atom. The fourth-order valence-electron chi connectivity index (χ4n) is 6.29. The van der Waals surface area contributed by atoms with E-state index in [0.717, 1.165) is 18.3 Å². The molecular weight excluding hydrogens is 312 g/mol. The summed E-state index contributed by atoms with van der Waals surface area (Å²) in [6.45, 7) is 0.491. The van der Waals surface area contributed by atoms with E-state index in [1.807, 2.05) is 11.9 Å². The summed E-state index contributed by atoms with van der Waals surface area (Å²) in [6.07, 6.45) is 9.18. The molecule has 6 heteroatoms. The largest absolute Gasteiger partial charge is 0.341 e. The van der Waals surface area contributed by atoms with Gasteiger partial charge in [-0.1, -0.05) is 0 Å². The lowest BCUT2D eigenvalue weighted by Gasteiger charge is -2.56. The van der Waals surface area contributed by atoms with Gasteiger partial charge in [-0.2, -0.15) is 4.31 Å². The molecule has 130 valence electrons. The molecule has 0 aromatic rings. The molecule has 1 saturated heterocycles. The Morgan fingerprint density at radius 1 is 1.04 bits per heavy atom. The Kier molecular flexibility index (Phi) is 3.76. The van der Waals surface area contributed by atoms with Crippen LogP contribution in [0.4, 0.5) is 0 Å². The molecule has 0 radical (unpaired) electrons. The second-order valence-corrected chi connectivity index (χ2v) is 10.3. The van der Waals surface area contributed by atoms with Crippen LogP contribution in [0.1, 0.15) is 44.9 Å². The quantitative estimate of drug-likeness (QED) is 0.786. The van der Waals surface area contributed by atoms with Gasteiger partial charge in [0.2, 0.25) is 15.9 Å². The van der Waals surface area contributed by atoms with E-state index in [4.69, 9.17) is 0 Å². The fourth-order valence-corrected chi connectivity index (χ4v) is 7.41. The topological polar surface area (TPSA) is 57.7 Å². The molecule has 5 nitrogen and oxygen atoms in total. The lowest BCUT2D eigenvalue weighted by atomic mass is 9.54. The van der Waals surface area contributed by atoms with Gasteiger partial charge in [0.25, 0.3) is 0 Å². The first-order chi connectivity index (χ1) is 10.8. The van der Waals surface area contributed by atoms with E-state index in [-0.39, 0.29) is 5.91 Å². The average Bonchev–Trinajstić information content (AvgIpc) is 2.94. The van der Waals surface area contributed by atoms with Crippen molar-refractivity contribution in [3.8, 4) is 0 Å². The molecule has 0 aromatic heterocycles. The number of hydrogen-bond acceptors (Lipinski definition) is 3. The van der Waals surface area contributed by atoms with Crippen LogP contribution in [0.25, 0.3) is 0 Å². The van der Waals surface area contributed by atoms with E-state index in [1.165, 1.54) is 42.7 Å². The van der Waals surface area contributed by atoms with Gasteiger partial charge in [-0.05, 0) is 68.6 Å². The second kappa shape index (κ2) is 5.45. The van der Waals surface area contributed by atoms with Crippen molar-refractivity contribution < 1.29 is 13.2 Å². The van der Waals surface area contributed by atoms with E-state index in [2.05, 4.69) is 0 Å². The van der Waals surface area contributed by atoms with Crippen LogP contribution in [0, 0.1) is 23.7 Å². The van der Waals surface area contributed by atoms with Crippen LogP contribution in [0.15, 0.2) is 0 Å². The predicted molar refractivity (Wildman–Crippen MR) is 88.2 cm³/mol. The van der Waals surface area contributed by atoms with Gasteiger partial charge in [0, 0.05) is 19.6 Å². The van der Waals surface area contributed by atoms with E-state index in [9.17, 15) is 13.2 Å². The highest BCUT2D eigenvalue weighted by Gasteiger charge is 2.51. The van der Waals surface area contributed by atoms with Crippen LogP contribution in [-0.2, 0) is 14.8 Å².